The van der Waals surface area contributed by atoms with Crippen LogP contribution < -0.4 is 4.74 Å². The number of fused-ring (bicyclic) bond motifs is 3. The topological polar surface area (TPSA) is 24.8 Å². The SMILES string of the molecule is CCC[C@H]1Oc2ccccc2[C@@H]2CC(c3ccccc3Cl)=NN12. The highest BCUT2D eigenvalue weighted by Gasteiger charge is 2.39. The lowest BCUT2D eigenvalue weighted by Gasteiger charge is -2.38. The van der Waals surface area contributed by atoms with Crippen molar-refractivity contribution in [2.75, 3.05) is 0 Å². The molecular formula is C19H19ClN2O. The van der Waals surface area contributed by atoms with Crippen molar-refractivity contribution in [2.45, 2.75) is 38.5 Å². The monoisotopic (exact) mass is 326 g/mol. The standard InChI is InChI=1S/C19H19ClN2O/c1-2-7-19-22-17(14-9-4-6-11-18(14)23-19)12-16(21-22)13-8-3-5-10-15(13)20/h3-6,8-11,17,19H,2,7,12H2,1H3/t17-,19+/m0/s1. The lowest BCUT2D eigenvalue weighted by molar-refractivity contribution is -0.0223. The zero-order valence-electron chi connectivity index (χ0n) is 13.1. The summed E-state index contributed by atoms with van der Waals surface area (Å²) in [5.41, 5.74) is 3.28. The summed E-state index contributed by atoms with van der Waals surface area (Å²) in [7, 11) is 0. The summed E-state index contributed by atoms with van der Waals surface area (Å²) in [5, 5.41) is 7.77. The average molecular weight is 327 g/mol. The van der Waals surface area contributed by atoms with E-state index >= 15 is 0 Å². The zero-order chi connectivity index (χ0) is 15.8. The highest BCUT2D eigenvalue weighted by molar-refractivity contribution is 6.34. The molecule has 0 fully saturated rings. The second-order valence-corrected chi connectivity index (χ2v) is 6.43. The maximum Gasteiger partial charge on any atom is 0.187 e. The molecule has 2 aliphatic heterocycles. The number of hydrogen-bond donors (Lipinski definition) is 0. The molecule has 2 atom stereocenters. The van der Waals surface area contributed by atoms with E-state index in [-0.39, 0.29) is 12.3 Å². The first-order valence-electron chi connectivity index (χ1n) is 8.14. The molecule has 2 heterocycles. The second kappa shape index (κ2) is 5.89. The molecule has 2 aliphatic rings. The van der Waals surface area contributed by atoms with Gasteiger partial charge in [0.25, 0.3) is 0 Å². The third-order valence-electron chi connectivity index (χ3n) is 4.50. The van der Waals surface area contributed by atoms with E-state index in [1.54, 1.807) is 0 Å². The quantitative estimate of drug-likeness (QED) is 0.792. The number of hydrogen-bond acceptors (Lipinski definition) is 3. The molecule has 23 heavy (non-hydrogen) atoms. The van der Waals surface area contributed by atoms with Crippen molar-refractivity contribution in [3.8, 4) is 5.75 Å². The predicted octanol–water partition coefficient (Wildman–Crippen LogP) is 5.01. The van der Waals surface area contributed by atoms with Crippen LogP contribution in [-0.4, -0.2) is 16.9 Å². The van der Waals surface area contributed by atoms with Gasteiger partial charge in [0.15, 0.2) is 6.23 Å². The van der Waals surface area contributed by atoms with Crippen LogP contribution in [0.15, 0.2) is 53.6 Å². The van der Waals surface area contributed by atoms with Crippen LogP contribution in [0.5, 0.6) is 5.75 Å². The summed E-state index contributed by atoms with van der Waals surface area (Å²) in [5.74, 6) is 0.989. The highest BCUT2D eigenvalue weighted by Crippen LogP contribution is 2.44. The van der Waals surface area contributed by atoms with Gasteiger partial charge in [-0.1, -0.05) is 61.3 Å². The van der Waals surface area contributed by atoms with E-state index < -0.39 is 0 Å². The molecule has 0 radical (unpaired) electrons. The molecule has 0 saturated carbocycles. The summed E-state index contributed by atoms with van der Waals surface area (Å²) in [4.78, 5) is 0. The molecule has 0 N–H and O–H groups in total. The van der Waals surface area contributed by atoms with Gasteiger partial charge in [-0.05, 0) is 12.1 Å². The van der Waals surface area contributed by atoms with Crippen molar-refractivity contribution >= 4 is 17.3 Å². The molecule has 0 saturated heterocycles. The minimum absolute atomic E-state index is 0.000104. The number of halogens is 1. The summed E-state index contributed by atoms with van der Waals surface area (Å²) in [6, 6.07) is 16.5. The first-order valence-corrected chi connectivity index (χ1v) is 8.52. The van der Waals surface area contributed by atoms with Crippen LogP contribution in [0, 0.1) is 0 Å². The fourth-order valence-corrected chi connectivity index (χ4v) is 3.65. The number of nitrogens with zero attached hydrogens (tertiary/aromatic N) is 2. The number of rotatable bonds is 3. The third-order valence-corrected chi connectivity index (χ3v) is 4.83. The van der Waals surface area contributed by atoms with E-state index in [0.29, 0.717) is 0 Å². The van der Waals surface area contributed by atoms with Crippen LogP contribution in [0.25, 0.3) is 0 Å². The van der Waals surface area contributed by atoms with Crippen LogP contribution in [0.4, 0.5) is 0 Å². The number of benzene rings is 2. The molecule has 4 heteroatoms. The van der Waals surface area contributed by atoms with Crippen LogP contribution in [0.3, 0.4) is 0 Å². The molecule has 2 aromatic carbocycles. The normalized spacial score (nSPS) is 22.2. The zero-order valence-corrected chi connectivity index (χ0v) is 13.8. The molecule has 3 nitrogen and oxygen atoms in total. The first kappa shape index (κ1) is 14.6. The van der Waals surface area contributed by atoms with Crippen molar-refractivity contribution in [1.29, 1.82) is 0 Å². The minimum atomic E-state index is -0.000104. The summed E-state index contributed by atoms with van der Waals surface area (Å²) in [6.45, 7) is 2.17. The Bertz CT molecular complexity index is 759. The van der Waals surface area contributed by atoms with E-state index in [1.807, 2.05) is 30.3 Å². The number of ether oxygens (including phenoxy) is 1. The van der Waals surface area contributed by atoms with Gasteiger partial charge in [-0.15, -0.1) is 0 Å². The van der Waals surface area contributed by atoms with Crippen molar-refractivity contribution < 1.29 is 4.74 Å². The first-order chi connectivity index (χ1) is 11.3. The lowest BCUT2D eigenvalue weighted by atomic mass is 9.96. The summed E-state index contributed by atoms with van der Waals surface area (Å²) in [6.07, 6.45) is 2.89. The van der Waals surface area contributed by atoms with Crippen molar-refractivity contribution in [3.63, 3.8) is 0 Å². The molecule has 118 valence electrons. The van der Waals surface area contributed by atoms with Gasteiger partial charge < -0.3 is 4.74 Å². The fraction of sp³-hybridized carbons (Fsp3) is 0.316. The van der Waals surface area contributed by atoms with Gasteiger partial charge in [0.2, 0.25) is 0 Å². The predicted molar refractivity (Wildman–Crippen MR) is 93.0 cm³/mol. The van der Waals surface area contributed by atoms with Crippen LogP contribution in [0.2, 0.25) is 5.02 Å². The van der Waals surface area contributed by atoms with E-state index in [4.69, 9.17) is 21.4 Å². The van der Waals surface area contributed by atoms with Crippen molar-refractivity contribution in [2.24, 2.45) is 5.10 Å². The highest BCUT2D eigenvalue weighted by atomic mass is 35.5. The molecule has 0 bridgehead atoms. The third kappa shape index (κ3) is 2.49. The van der Waals surface area contributed by atoms with Gasteiger partial charge in [0.05, 0.1) is 11.8 Å². The molecule has 4 rings (SSSR count). The van der Waals surface area contributed by atoms with Gasteiger partial charge in [-0.2, -0.15) is 5.10 Å². The average Bonchev–Trinajstić information content (AvgIpc) is 3.01. The van der Waals surface area contributed by atoms with Gasteiger partial charge in [0.1, 0.15) is 5.75 Å². The minimum Gasteiger partial charge on any atom is -0.469 e. The van der Waals surface area contributed by atoms with Gasteiger partial charge in [-0.3, -0.25) is 5.01 Å². The Morgan fingerprint density at radius 1 is 1.17 bits per heavy atom. The van der Waals surface area contributed by atoms with Crippen molar-refractivity contribution in [3.05, 3.63) is 64.7 Å². The number of para-hydroxylation sites is 1. The Morgan fingerprint density at radius 2 is 1.96 bits per heavy atom. The molecule has 0 amide bonds. The smallest absolute Gasteiger partial charge is 0.187 e. The van der Waals surface area contributed by atoms with E-state index in [9.17, 15) is 0 Å². The maximum atomic E-state index is 6.37. The Labute approximate surface area is 141 Å². The molecule has 0 aliphatic carbocycles. The van der Waals surface area contributed by atoms with Crippen LogP contribution in [-0.2, 0) is 0 Å². The van der Waals surface area contributed by atoms with Crippen molar-refractivity contribution in [1.82, 2.24) is 5.01 Å². The molecule has 2 aromatic rings. The van der Waals surface area contributed by atoms with E-state index in [0.717, 1.165) is 41.3 Å². The Morgan fingerprint density at radius 3 is 2.78 bits per heavy atom. The molecule has 0 aromatic heterocycles. The largest absolute Gasteiger partial charge is 0.469 e. The maximum absolute atomic E-state index is 6.37. The molecule has 0 spiro atoms. The van der Waals surface area contributed by atoms with E-state index in [2.05, 4.69) is 30.1 Å². The van der Waals surface area contributed by atoms with Gasteiger partial charge in [0, 0.05) is 29.0 Å². The Hall–Kier alpha value is -2.00. The van der Waals surface area contributed by atoms with Gasteiger partial charge in [-0.25, -0.2) is 0 Å². The second-order valence-electron chi connectivity index (χ2n) is 6.03. The lowest BCUT2D eigenvalue weighted by Crippen LogP contribution is -2.40. The van der Waals surface area contributed by atoms with E-state index in [1.165, 1.54) is 5.56 Å². The van der Waals surface area contributed by atoms with Gasteiger partial charge >= 0.3 is 0 Å². The fourth-order valence-electron chi connectivity index (χ4n) is 3.41. The summed E-state index contributed by atoms with van der Waals surface area (Å²) >= 11 is 6.37. The number of hydrazone groups is 1. The van der Waals surface area contributed by atoms with Crippen LogP contribution in [0.1, 0.15) is 43.4 Å². The van der Waals surface area contributed by atoms with Crippen LogP contribution >= 0.6 is 11.6 Å². The Kier molecular flexibility index (Phi) is 3.74. The summed E-state index contributed by atoms with van der Waals surface area (Å²) < 4.78 is 6.19. The Balaban J connectivity index is 1.74. The molecule has 0 unspecified atom stereocenters. The molecular weight excluding hydrogens is 308 g/mol.